The van der Waals surface area contributed by atoms with Crippen molar-refractivity contribution in [1.82, 2.24) is 24.3 Å². The number of nitrogens with zero attached hydrogens (tertiary/aromatic N) is 5. The largest absolute Gasteiger partial charge is 0.494 e. The van der Waals surface area contributed by atoms with E-state index in [1.54, 1.807) is 31.3 Å². The summed E-state index contributed by atoms with van der Waals surface area (Å²) in [6.45, 7) is 1.77. The quantitative estimate of drug-likeness (QED) is 0.532. The van der Waals surface area contributed by atoms with Crippen molar-refractivity contribution in [3.63, 3.8) is 0 Å². The number of aryl methyl sites for hydroxylation is 1. The second kappa shape index (κ2) is 7.47. The van der Waals surface area contributed by atoms with Crippen LogP contribution in [0.3, 0.4) is 0 Å². The molecule has 4 rings (SSSR count). The van der Waals surface area contributed by atoms with E-state index in [1.807, 2.05) is 0 Å². The molecule has 0 radical (unpaired) electrons. The van der Waals surface area contributed by atoms with Crippen molar-refractivity contribution in [3.8, 4) is 34.5 Å². The number of methoxy groups -OCH3 is 2. The highest BCUT2D eigenvalue weighted by molar-refractivity contribution is 5.90. The van der Waals surface area contributed by atoms with Gasteiger partial charge in [-0.05, 0) is 25.1 Å². The summed E-state index contributed by atoms with van der Waals surface area (Å²) in [6, 6.07) is 5.24. The summed E-state index contributed by atoms with van der Waals surface area (Å²) < 4.78 is 37.9. The summed E-state index contributed by atoms with van der Waals surface area (Å²) >= 11 is 0. The number of hydrogen-bond donors (Lipinski definition) is 1. The maximum atomic E-state index is 12.5. The Hall–Kier alpha value is -3.95. The molecular weight excluding hydrogens is 396 g/mol. The molecule has 0 aromatic carbocycles. The van der Waals surface area contributed by atoms with Gasteiger partial charge in [-0.15, -0.1) is 0 Å². The summed E-state index contributed by atoms with van der Waals surface area (Å²) in [6.07, 6.45) is 3.08. The lowest BCUT2D eigenvalue weighted by Crippen LogP contribution is -1.95. The molecule has 4 aromatic rings. The van der Waals surface area contributed by atoms with E-state index in [0.29, 0.717) is 51.4 Å². The number of hydrogen-bond acceptors (Lipinski definition) is 6. The maximum Gasteiger partial charge on any atom is 0.288 e. The fraction of sp³-hybridized carbons (Fsp3) is 0.150. The minimum atomic E-state index is -1.88. The topological polar surface area (TPSA) is 87.2 Å². The molecule has 0 aliphatic heterocycles. The summed E-state index contributed by atoms with van der Waals surface area (Å²) in [5, 5.41) is 15.1. The number of halogens is 2. The fourth-order valence-electron chi connectivity index (χ4n) is 3.26. The minimum absolute atomic E-state index is 0.0590. The summed E-state index contributed by atoms with van der Waals surface area (Å²) in [4.78, 5) is 8.89. The zero-order valence-corrected chi connectivity index (χ0v) is 16.3. The number of aromatic nitrogens is 5. The molecule has 4 aromatic heterocycles. The molecule has 0 aliphatic rings. The molecule has 0 atom stereocenters. The van der Waals surface area contributed by atoms with Crippen LogP contribution in [0.5, 0.6) is 17.5 Å². The Balaban J connectivity index is 1.82. The van der Waals surface area contributed by atoms with Crippen molar-refractivity contribution in [3.05, 3.63) is 48.6 Å². The highest BCUT2D eigenvalue weighted by Gasteiger charge is 2.18. The van der Waals surface area contributed by atoms with E-state index in [1.165, 1.54) is 31.2 Å². The lowest BCUT2D eigenvalue weighted by atomic mass is 10.1. The number of rotatable bonds is 5. The average molecular weight is 413 g/mol. The molecule has 0 fully saturated rings. The third kappa shape index (κ3) is 3.21. The van der Waals surface area contributed by atoms with Crippen LogP contribution in [-0.4, -0.2) is 43.6 Å². The normalized spacial score (nSPS) is 11.0. The third-order valence-corrected chi connectivity index (χ3v) is 4.63. The van der Waals surface area contributed by atoms with Gasteiger partial charge in [0.1, 0.15) is 0 Å². The molecule has 154 valence electrons. The fourth-order valence-corrected chi connectivity index (χ4v) is 3.26. The van der Waals surface area contributed by atoms with Crippen molar-refractivity contribution in [2.75, 3.05) is 14.2 Å². The average Bonchev–Trinajstić information content (AvgIpc) is 3.28. The second-order valence-corrected chi connectivity index (χ2v) is 6.37. The lowest BCUT2D eigenvalue weighted by molar-refractivity contribution is 0.343. The summed E-state index contributed by atoms with van der Waals surface area (Å²) in [7, 11) is 3.02. The Bertz CT molecular complexity index is 1280. The molecule has 0 unspecified atom stereocenters. The van der Waals surface area contributed by atoms with E-state index in [-0.39, 0.29) is 5.88 Å². The van der Waals surface area contributed by atoms with E-state index in [9.17, 15) is 13.9 Å². The first-order chi connectivity index (χ1) is 14.4. The number of ether oxygens (including phenoxy) is 2. The predicted molar refractivity (Wildman–Crippen MR) is 106 cm³/mol. The van der Waals surface area contributed by atoms with Gasteiger partial charge in [0.2, 0.25) is 5.88 Å². The van der Waals surface area contributed by atoms with Crippen LogP contribution in [-0.2, 0) is 0 Å². The van der Waals surface area contributed by atoms with Gasteiger partial charge in [0.05, 0.1) is 55.1 Å². The molecule has 4 heterocycles. The van der Waals surface area contributed by atoms with Crippen LogP contribution in [0.25, 0.3) is 34.0 Å². The minimum Gasteiger partial charge on any atom is -0.494 e. The molecule has 0 saturated carbocycles. The van der Waals surface area contributed by atoms with Crippen molar-refractivity contribution >= 4 is 17.1 Å². The van der Waals surface area contributed by atoms with Gasteiger partial charge in [0.15, 0.2) is 5.75 Å². The molecule has 0 amide bonds. The molecule has 30 heavy (non-hydrogen) atoms. The molecule has 1 N–H and O–H groups in total. The summed E-state index contributed by atoms with van der Waals surface area (Å²) in [5.74, 6) is 0.768. The second-order valence-electron chi connectivity index (χ2n) is 6.37. The van der Waals surface area contributed by atoms with Gasteiger partial charge in [-0.2, -0.15) is 13.9 Å². The zero-order chi connectivity index (χ0) is 21.4. The Morgan fingerprint density at radius 2 is 1.97 bits per heavy atom. The highest BCUT2D eigenvalue weighted by atomic mass is 19.3. The van der Waals surface area contributed by atoms with Crippen molar-refractivity contribution in [1.29, 1.82) is 0 Å². The van der Waals surface area contributed by atoms with Gasteiger partial charge < -0.3 is 14.6 Å². The van der Waals surface area contributed by atoms with Gasteiger partial charge >= 0.3 is 0 Å². The number of aromatic hydroxyl groups is 1. The van der Waals surface area contributed by atoms with E-state index < -0.39 is 6.08 Å². The Morgan fingerprint density at radius 3 is 2.67 bits per heavy atom. The third-order valence-electron chi connectivity index (χ3n) is 4.63. The van der Waals surface area contributed by atoms with E-state index >= 15 is 0 Å². The first-order valence-electron chi connectivity index (χ1n) is 8.79. The SMILES string of the molecule is COc1cc(-c2ccc3c(O)n(-c4cnn(C=C(F)F)c4)c(C)c3n2)cnc1OC. The predicted octanol–water partition coefficient (Wildman–Crippen LogP) is 4.01. The van der Waals surface area contributed by atoms with Crippen LogP contribution in [0.1, 0.15) is 5.69 Å². The van der Waals surface area contributed by atoms with Crippen LogP contribution in [0, 0.1) is 6.92 Å². The highest BCUT2D eigenvalue weighted by Crippen LogP contribution is 2.35. The lowest BCUT2D eigenvalue weighted by Gasteiger charge is -2.08. The molecule has 0 bridgehead atoms. The standard InChI is InChI=1S/C20H17F2N5O3/c1-11-18-14(20(28)27(11)13-8-24-26(9-13)10-17(21)22)4-5-15(25-18)12-6-16(29-2)19(30-3)23-7-12/h4-10,28H,1-3H3. The molecule has 10 heteroatoms. The van der Waals surface area contributed by atoms with Crippen LogP contribution in [0.2, 0.25) is 0 Å². The first kappa shape index (κ1) is 19.4. The Kier molecular flexibility index (Phi) is 4.82. The van der Waals surface area contributed by atoms with Crippen LogP contribution in [0.15, 0.2) is 42.9 Å². The maximum absolute atomic E-state index is 12.5. The van der Waals surface area contributed by atoms with Gasteiger partial charge in [-0.25, -0.2) is 14.6 Å². The zero-order valence-electron chi connectivity index (χ0n) is 16.3. The van der Waals surface area contributed by atoms with Gasteiger partial charge in [0, 0.05) is 17.5 Å². The number of fused-ring (bicyclic) bond motifs is 1. The smallest absolute Gasteiger partial charge is 0.288 e. The van der Waals surface area contributed by atoms with Crippen LogP contribution in [0.4, 0.5) is 8.78 Å². The Morgan fingerprint density at radius 1 is 1.17 bits per heavy atom. The van der Waals surface area contributed by atoms with Crippen molar-refractivity contribution in [2.24, 2.45) is 0 Å². The first-order valence-corrected chi connectivity index (χ1v) is 8.79. The molecule has 0 spiro atoms. The van der Waals surface area contributed by atoms with Gasteiger partial charge in [-0.1, -0.05) is 0 Å². The van der Waals surface area contributed by atoms with Crippen molar-refractivity contribution < 1.29 is 23.4 Å². The molecule has 8 nitrogen and oxygen atoms in total. The molecule has 0 aliphatic carbocycles. The molecular formula is C20H17F2N5O3. The monoisotopic (exact) mass is 413 g/mol. The number of pyridine rings is 2. The Labute approximate surface area is 169 Å². The van der Waals surface area contributed by atoms with Crippen LogP contribution >= 0.6 is 0 Å². The van der Waals surface area contributed by atoms with E-state index in [2.05, 4.69) is 15.1 Å². The van der Waals surface area contributed by atoms with Crippen molar-refractivity contribution in [2.45, 2.75) is 6.92 Å². The molecule has 0 saturated heterocycles. The van der Waals surface area contributed by atoms with Gasteiger partial charge in [0.25, 0.3) is 12.0 Å². The van der Waals surface area contributed by atoms with E-state index in [0.717, 1.165) is 4.68 Å². The van der Waals surface area contributed by atoms with Crippen LogP contribution < -0.4 is 9.47 Å². The van der Waals surface area contributed by atoms with Gasteiger partial charge in [-0.3, -0.25) is 4.57 Å². The summed E-state index contributed by atoms with van der Waals surface area (Å²) in [5.41, 5.74) is 2.93. The van der Waals surface area contributed by atoms with E-state index in [4.69, 9.17) is 9.47 Å².